The SMILES string of the molecule is CC1C(C(C)(C)O)CCN1c1cc(-n2ncc3ccc([C@@H]4CC45CC5)cc32)ncn1. The van der Waals surface area contributed by atoms with Gasteiger partial charge in [-0.3, -0.25) is 0 Å². The molecule has 3 fully saturated rings. The van der Waals surface area contributed by atoms with Gasteiger partial charge in [-0.25, -0.2) is 14.6 Å². The first-order chi connectivity index (χ1) is 14.4. The number of rotatable bonds is 4. The maximum Gasteiger partial charge on any atom is 0.159 e. The number of nitrogens with zero attached hydrogens (tertiary/aromatic N) is 5. The van der Waals surface area contributed by atoms with Crippen molar-refractivity contribution >= 4 is 16.7 Å². The highest BCUT2D eigenvalue weighted by molar-refractivity contribution is 5.81. The number of anilines is 1. The summed E-state index contributed by atoms with van der Waals surface area (Å²) in [7, 11) is 0. The molecule has 6 nitrogen and oxygen atoms in total. The van der Waals surface area contributed by atoms with Crippen LogP contribution in [0.3, 0.4) is 0 Å². The molecule has 1 aromatic carbocycles. The zero-order chi connectivity index (χ0) is 20.7. The van der Waals surface area contributed by atoms with Crippen molar-refractivity contribution in [1.29, 1.82) is 0 Å². The molecule has 6 heteroatoms. The zero-order valence-electron chi connectivity index (χ0n) is 17.9. The van der Waals surface area contributed by atoms with Crippen LogP contribution in [-0.2, 0) is 0 Å². The van der Waals surface area contributed by atoms with Crippen LogP contribution >= 0.6 is 0 Å². The minimum atomic E-state index is -0.694. The molecule has 2 unspecified atom stereocenters. The molecule has 30 heavy (non-hydrogen) atoms. The van der Waals surface area contributed by atoms with Crippen molar-refractivity contribution in [2.45, 2.75) is 64.0 Å². The molecule has 0 bridgehead atoms. The lowest BCUT2D eigenvalue weighted by molar-refractivity contribution is 0.0156. The molecule has 1 N–H and O–H groups in total. The predicted molar refractivity (Wildman–Crippen MR) is 117 cm³/mol. The van der Waals surface area contributed by atoms with Crippen LogP contribution in [0, 0.1) is 11.3 Å². The van der Waals surface area contributed by atoms with E-state index in [0.717, 1.165) is 41.4 Å². The first kappa shape index (κ1) is 18.3. The molecule has 6 rings (SSSR count). The minimum absolute atomic E-state index is 0.220. The van der Waals surface area contributed by atoms with Gasteiger partial charge >= 0.3 is 0 Å². The molecule has 156 valence electrons. The third-order valence-corrected chi connectivity index (χ3v) is 7.89. The summed E-state index contributed by atoms with van der Waals surface area (Å²) in [6.45, 7) is 6.88. The van der Waals surface area contributed by atoms with Gasteiger partial charge in [0.2, 0.25) is 0 Å². The van der Waals surface area contributed by atoms with Crippen LogP contribution in [-0.4, -0.2) is 43.0 Å². The molecule has 2 aromatic heterocycles. The van der Waals surface area contributed by atoms with E-state index in [1.807, 2.05) is 30.8 Å². The van der Waals surface area contributed by atoms with Gasteiger partial charge in [0.05, 0.1) is 17.3 Å². The van der Waals surface area contributed by atoms with Crippen LogP contribution in [0.15, 0.2) is 36.8 Å². The minimum Gasteiger partial charge on any atom is -0.390 e. The smallest absolute Gasteiger partial charge is 0.159 e. The van der Waals surface area contributed by atoms with Crippen LogP contribution in [0.5, 0.6) is 0 Å². The van der Waals surface area contributed by atoms with Gasteiger partial charge in [-0.15, -0.1) is 0 Å². The quantitative estimate of drug-likeness (QED) is 0.711. The highest BCUT2D eigenvalue weighted by Gasteiger charge is 2.62. The van der Waals surface area contributed by atoms with E-state index in [4.69, 9.17) is 0 Å². The van der Waals surface area contributed by atoms with E-state index in [-0.39, 0.29) is 12.0 Å². The molecule has 0 amide bonds. The summed E-state index contributed by atoms with van der Waals surface area (Å²) in [6.07, 6.45) is 8.64. The zero-order valence-corrected chi connectivity index (χ0v) is 17.9. The van der Waals surface area contributed by atoms with Crippen molar-refractivity contribution in [1.82, 2.24) is 19.7 Å². The van der Waals surface area contributed by atoms with Crippen LogP contribution < -0.4 is 4.90 Å². The van der Waals surface area contributed by atoms with Gasteiger partial charge in [0.15, 0.2) is 5.82 Å². The number of fused-ring (bicyclic) bond motifs is 1. The third-order valence-electron chi connectivity index (χ3n) is 7.89. The summed E-state index contributed by atoms with van der Waals surface area (Å²) < 4.78 is 1.94. The summed E-state index contributed by atoms with van der Waals surface area (Å²) in [5.74, 6) is 2.65. The van der Waals surface area contributed by atoms with Crippen molar-refractivity contribution in [3.05, 3.63) is 42.4 Å². The standard InChI is InChI=1S/C24H29N5O/c1-15-18(23(2,3)30)6-9-28(15)21-11-22(26-14-25-21)29-20-10-16(4-5-17(20)13-27-29)19-12-24(19)7-8-24/h4-5,10-11,13-15,18-19,30H,6-9,12H2,1-3H3/t15?,18?,19-/m0/s1. The molecule has 3 aliphatic rings. The summed E-state index contributed by atoms with van der Waals surface area (Å²) in [5, 5.41) is 16.3. The lowest BCUT2D eigenvalue weighted by Gasteiger charge is -2.32. The lowest BCUT2D eigenvalue weighted by Crippen LogP contribution is -2.40. The lowest BCUT2D eigenvalue weighted by atomic mass is 9.85. The van der Waals surface area contributed by atoms with Crippen molar-refractivity contribution in [2.75, 3.05) is 11.4 Å². The molecule has 3 heterocycles. The highest BCUT2D eigenvalue weighted by Crippen LogP contribution is 2.75. The first-order valence-corrected chi connectivity index (χ1v) is 11.1. The second kappa shape index (κ2) is 6.03. The Labute approximate surface area is 176 Å². The second-order valence-electron chi connectivity index (χ2n) is 10.2. The summed E-state index contributed by atoms with van der Waals surface area (Å²) in [6, 6.07) is 9.03. The number of aliphatic hydroxyl groups is 1. The molecule has 3 aromatic rings. The first-order valence-electron chi connectivity index (χ1n) is 11.1. The fourth-order valence-corrected chi connectivity index (χ4v) is 5.78. The van der Waals surface area contributed by atoms with E-state index in [2.05, 4.69) is 45.1 Å². The van der Waals surface area contributed by atoms with Crippen molar-refractivity contribution in [2.24, 2.45) is 11.3 Å². The van der Waals surface area contributed by atoms with Crippen molar-refractivity contribution < 1.29 is 5.11 Å². The number of benzene rings is 1. The van der Waals surface area contributed by atoms with E-state index < -0.39 is 5.60 Å². The van der Waals surface area contributed by atoms with Crippen LogP contribution in [0.1, 0.15) is 57.9 Å². The van der Waals surface area contributed by atoms with Crippen molar-refractivity contribution in [3.63, 3.8) is 0 Å². The predicted octanol–water partition coefficient (Wildman–Crippen LogP) is 4.07. The Kier molecular flexibility index (Phi) is 3.68. The monoisotopic (exact) mass is 403 g/mol. The fourth-order valence-electron chi connectivity index (χ4n) is 5.78. The van der Waals surface area contributed by atoms with E-state index in [0.29, 0.717) is 5.41 Å². The average molecular weight is 404 g/mol. The topological polar surface area (TPSA) is 67.1 Å². The summed E-state index contributed by atoms with van der Waals surface area (Å²) in [5.41, 5.74) is 2.50. The molecule has 2 aliphatic carbocycles. The molecular weight excluding hydrogens is 374 g/mol. The molecule has 0 radical (unpaired) electrons. The Morgan fingerprint density at radius 3 is 2.63 bits per heavy atom. The molecular formula is C24H29N5O. The van der Waals surface area contributed by atoms with Gasteiger partial charge in [0.25, 0.3) is 0 Å². The Bertz CT molecular complexity index is 1130. The summed E-state index contributed by atoms with van der Waals surface area (Å²) in [4.78, 5) is 11.4. The van der Waals surface area contributed by atoms with Gasteiger partial charge in [-0.1, -0.05) is 12.1 Å². The number of aromatic nitrogens is 4. The number of hydrogen-bond acceptors (Lipinski definition) is 5. The summed E-state index contributed by atoms with van der Waals surface area (Å²) >= 11 is 0. The van der Waals surface area contributed by atoms with E-state index in [1.54, 1.807) is 6.33 Å². The maximum absolute atomic E-state index is 10.5. The Hall–Kier alpha value is -2.47. The fraction of sp³-hybridized carbons (Fsp3) is 0.542. The maximum atomic E-state index is 10.5. The van der Waals surface area contributed by atoms with Crippen LogP contribution in [0.25, 0.3) is 16.7 Å². The normalized spacial score (nSPS) is 27.2. The third kappa shape index (κ3) is 2.77. The number of hydrogen-bond donors (Lipinski definition) is 1. The van der Waals surface area contributed by atoms with Gasteiger partial charge in [-0.2, -0.15) is 5.10 Å². The largest absolute Gasteiger partial charge is 0.390 e. The van der Waals surface area contributed by atoms with E-state index in [1.165, 1.54) is 24.8 Å². The Morgan fingerprint density at radius 1 is 1.13 bits per heavy atom. The second-order valence-corrected chi connectivity index (χ2v) is 10.2. The van der Waals surface area contributed by atoms with Crippen molar-refractivity contribution in [3.8, 4) is 5.82 Å². The Balaban J connectivity index is 1.34. The van der Waals surface area contributed by atoms with E-state index >= 15 is 0 Å². The molecule has 1 aliphatic heterocycles. The van der Waals surface area contributed by atoms with Gasteiger partial charge < -0.3 is 10.0 Å². The van der Waals surface area contributed by atoms with Gasteiger partial charge in [0, 0.05) is 30.0 Å². The van der Waals surface area contributed by atoms with Crippen LogP contribution in [0.2, 0.25) is 0 Å². The molecule has 3 atom stereocenters. The average Bonchev–Trinajstić information content (AvgIpc) is 3.55. The molecule has 1 saturated heterocycles. The van der Waals surface area contributed by atoms with Gasteiger partial charge in [-0.05, 0) is 69.4 Å². The molecule has 2 saturated carbocycles. The highest BCUT2D eigenvalue weighted by atomic mass is 16.3. The molecule has 1 spiro atoms. The Morgan fingerprint density at radius 2 is 1.93 bits per heavy atom. The van der Waals surface area contributed by atoms with E-state index in [9.17, 15) is 5.11 Å². The van der Waals surface area contributed by atoms with Crippen LogP contribution in [0.4, 0.5) is 5.82 Å². The van der Waals surface area contributed by atoms with Gasteiger partial charge in [0.1, 0.15) is 12.1 Å².